The van der Waals surface area contributed by atoms with Crippen LogP contribution in [0.3, 0.4) is 0 Å². The first-order valence-corrected chi connectivity index (χ1v) is 17.3. The third kappa shape index (κ3) is 4.04. The van der Waals surface area contributed by atoms with Crippen molar-refractivity contribution in [1.29, 1.82) is 0 Å². The summed E-state index contributed by atoms with van der Waals surface area (Å²) in [5, 5.41) is 0. The van der Waals surface area contributed by atoms with Crippen molar-refractivity contribution in [2.75, 3.05) is 19.7 Å². The number of fused-ring (bicyclic) bond motifs is 4. The van der Waals surface area contributed by atoms with Gasteiger partial charge in [-0.15, -0.1) is 0 Å². The lowest BCUT2D eigenvalue weighted by molar-refractivity contribution is -0.244. The van der Waals surface area contributed by atoms with Gasteiger partial charge < -0.3 is 23.9 Å². The minimum atomic E-state index is -0.282. The maximum atomic E-state index is 12.8. The Hall–Kier alpha value is -0.980. The molecule has 6 aliphatic carbocycles. The van der Waals surface area contributed by atoms with Crippen LogP contribution in [0.5, 0.6) is 0 Å². The Balaban J connectivity index is 0.961. The minimum Gasteiger partial charge on any atom is -0.374 e. The summed E-state index contributed by atoms with van der Waals surface area (Å²) in [7, 11) is 0. The molecule has 228 valence electrons. The van der Waals surface area contributed by atoms with E-state index in [-0.39, 0.29) is 23.9 Å². The van der Waals surface area contributed by atoms with Crippen LogP contribution in [0.2, 0.25) is 0 Å². The first-order valence-electron chi connectivity index (χ1n) is 17.3. The minimum absolute atomic E-state index is 0.117. The molecule has 0 radical (unpaired) electrons. The van der Waals surface area contributed by atoms with E-state index in [0.29, 0.717) is 78.5 Å². The number of amides is 1. The molecule has 0 aromatic heterocycles. The third-order valence-electron chi connectivity index (χ3n) is 14.8. The fourth-order valence-corrected chi connectivity index (χ4v) is 12.6. The number of carbonyl (C=O) groups excluding carboxylic acids is 2. The number of morpholine rings is 1. The van der Waals surface area contributed by atoms with Crippen LogP contribution in [0.4, 0.5) is 0 Å². The topological polar surface area (TPSA) is 65.1 Å². The van der Waals surface area contributed by atoms with Crippen molar-refractivity contribution < 1.29 is 23.8 Å². The van der Waals surface area contributed by atoms with Crippen LogP contribution < -0.4 is 0 Å². The van der Waals surface area contributed by atoms with Crippen LogP contribution in [0.1, 0.15) is 111 Å². The van der Waals surface area contributed by atoms with Gasteiger partial charge in [0.25, 0.3) is 0 Å². The maximum absolute atomic E-state index is 12.8. The lowest BCUT2D eigenvalue weighted by Gasteiger charge is -2.60. The summed E-state index contributed by atoms with van der Waals surface area (Å²) in [6, 6.07) is 0. The van der Waals surface area contributed by atoms with Gasteiger partial charge in [-0.2, -0.15) is 0 Å². The van der Waals surface area contributed by atoms with Crippen molar-refractivity contribution in [2.45, 2.75) is 135 Å². The zero-order valence-corrected chi connectivity index (χ0v) is 25.8. The molecule has 2 aliphatic heterocycles. The molecule has 8 rings (SSSR count). The van der Waals surface area contributed by atoms with Crippen LogP contribution in [0.15, 0.2) is 0 Å². The lowest BCUT2D eigenvalue weighted by Crippen LogP contribution is -2.56. The molecule has 11 atom stereocenters. The highest BCUT2D eigenvalue weighted by atomic mass is 16.7. The van der Waals surface area contributed by atoms with Crippen LogP contribution in [0.25, 0.3) is 0 Å². The quantitative estimate of drug-likeness (QED) is 0.360. The van der Waals surface area contributed by atoms with E-state index in [0.717, 1.165) is 31.0 Å². The van der Waals surface area contributed by atoms with Gasteiger partial charge in [0, 0.05) is 19.4 Å². The summed E-state index contributed by atoms with van der Waals surface area (Å²) in [4.78, 5) is 26.0. The number of ether oxygens (including phenoxy) is 3. The standard InChI is InChI=1S/C35H53NO5/c1-32(2)28-9-8-24-26-19-27-25(7-6-23(40-27)11-16-37)33(26,3)13-14-34(24)21-35(28,34)12-10-29(32)41-31-20-36(15-17-39-31)30(38)18-22-4-5-22/h16,22-29,31H,4-15,17-21H2,1-3H3/t23?,24?,25-,26?,27?,28?,29-,31?,33?,34-,35?/m0/s1. The lowest BCUT2D eigenvalue weighted by atomic mass is 9.46. The highest BCUT2D eigenvalue weighted by Gasteiger charge is 2.80. The van der Waals surface area contributed by atoms with Crippen molar-refractivity contribution in [2.24, 2.45) is 51.2 Å². The van der Waals surface area contributed by atoms with Gasteiger partial charge in [0.15, 0.2) is 6.29 Å². The number of rotatable bonds is 6. The molecule has 2 saturated heterocycles. The second kappa shape index (κ2) is 9.51. The van der Waals surface area contributed by atoms with E-state index < -0.39 is 0 Å². The summed E-state index contributed by atoms with van der Waals surface area (Å²) in [6.07, 6.45) is 18.1. The van der Waals surface area contributed by atoms with Crippen molar-refractivity contribution in [3.8, 4) is 0 Å². The zero-order chi connectivity index (χ0) is 28.2. The fourth-order valence-electron chi connectivity index (χ4n) is 12.6. The number of hydrogen-bond donors (Lipinski definition) is 0. The SMILES string of the molecule is CC1(C)C2CCC3C4CC5OC(CC=O)CC[C@@H]5C4(C)CC[C@]34CC24CC[C@@H]1OC1CN(C(=O)CC2CC2)CCO1. The summed E-state index contributed by atoms with van der Waals surface area (Å²) < 4.78 is 19.5. The highest BCUT2D eigenvalue weighted by Crippen LogP contribution is 2.87. The number of nitrogens with zero attached hydrogens (tertiary/aromatic N) is 1. The fraction of sp³-hybridized carbons (Fsp3) is 0.943. The van der Waals surface area contributed by atoms with Crippen molar-refractivity contribution in [1.82, 2.24) is 4.90 Å². The normalized spacial score (nSPS) is 51.4. The van der Waals surface area contributed by atoms with Crippen LogP contribution in [-0.4, -0.2) is 61.4 Å². The summed E-state index contributed by atoms with van der Waals surface area (Å²) in [5.74, 6) is 3.95. The Bertz CT molecular complexity index is 1070. The molecule has 0 aromatic rings. The van der Waals surface area contributed by atoms with E-state index >= 15 is 0 Å². The van der Waals surface area contributed by atoms with E-state index in [1.807, 2.05) is 4.90 Å². The molecule has 1 amide bonds. The molecule has 2 heterocycles. The summed E-state index contributed by atoms with van der Waals surface area (Å²) >= 11 is 0. The molecular weight excluding hydrogens is 514 g/mol. The molecule has 0 bridgehead atoms. The molecule has 8 unspecified atom stereocenters. The highest BCUT2D eigenvalue weighted by molar-refractivity contribution is 5.76. The van der Waals surface area contributed by atoms with Crippen molar-refractivity contribution in [3.05, 3.63) is 0 Å². The summed E-state index contributed by atoms with van der Waals surface area (Å²) in [6.45, 7) is 9.50. The van der Waals surface area contributed by atoms with Gasteiger partial charge in [-0.3, -0.25) is 4.79 Å². The molecule has 8 aliphatic rings. The first kappa shape index (κ1) is 27.6. The van der Waals surface area contributed by atoms with Crippen molar-refractivity contribution >= 4 is 12.2 Å². The van der Waals surface area contributed by atoms with Crippen LogP contribution in [-0.2, 0) is 23.8 Å². The van der Waals surface area contributed by atoms with E-state index in [1.165, 1.54) is 64.2 Å². The van der Waals surface area contributed by atoms with E-state index in [9.17, 15) is 9.59 Å². The molecule has 41 heavy (non-hydrogen) atoms. The monoisotopic (exact) mass is 567 g/mol. The number of carbonyl (C=O) groups is 2. The smallest absolute Gasteiger partial charge is 0.223 e. The van der Waals surface area contributed by atoms with Gasteiger partial charge in [-0.1, -0.05) is 20.8 Å². The Morgan fingerprint density at radius 1 is 0.951 bits per heavy atom. The van der Waals surface area contributed by atoms with Gasteiger partial charge in [-0.25, -0.2) is 0 Å². The average molecular weight is 568 g/mol. The largest absolute Gasteiger partial charge is 0.374 e. The molecule has 0 N–H and O–H groups in total. The average Bonchev–Trinajstić information content (AvgIpc) is 3.86. The second-order valence-corrected chi connectivity index (χ2v) is 16.7. The van der Waals surface area contributed by atoms with Gasteiger partial charge >= 0.3 is 0 Å². The van der Waals surface area contributed by atoms with E-state index in [2.05, 4.69) is 20.8 Å². The van der Waals surface area contributed by atoms with Crippen LogP contribution in [0, 0.1) is 51.2 Å². The molecule has 0 aromatic carbocycles. The van der Waals surface area contributed by atoms with Crippen molar-refractivity contribution in [3.63, 3.8) is 0 Å². The Kier molecular flexibility index (Phi) is 6.39. The Labute approximate surface area is 247 Å². The van der Waals surface area contributed by atoms with Gasteiger partial charge in [0.05, 0.1) is 31.5 Å². The number of hydrogen-bond acceptors (Lipinski definition) is 5. The van der Waals surface area contributed by atoms with Gasteiger partial charge in [0.2, 0.25) is 5.91 Å². The van der Waals surface area contributed by atoms with E-state index in [1.54, 1.807) is 0 Å². The van der Waals surface area contributed by atoms with Gasteiger partial charge in [0.1, 0.15) is 6.29 Å². The molecular formula is C35H53NO5. The predicted octanol–water partition coefficient (Wildman–Crippen LogP) is 6.15. The zero-order valence-electron chi connectivity index (χ0n) is 25.8. The third-order valence-corrected chi connectivity index (χ3v) is 14.8. The predicted molar refractivity (Wildman–Crippen MR) is 155 cm³/mol. The number of aldehydes is 1. The molecule has 6 nitrogen and oxygen atoms in total. The maximum Gasteiger partial charge on any atom is 0.223 e. The molecule has 6 heteroatoms. The Morgan fingerprint density at radius 3 is 2.59 bits per heavy atom. The second-order valence-electron chi connectivity index (χ2n) is 16.7. The summed E-state index contributed by atoms with van der Waals surface area (Å²) in [5.41, 5.74) is 1.56. The first-order chi connectivity index (χ1) is 19.7. The Morgan fingerprint density at radius 2 is 1.78 bits per heavy atom. The molecule has 8 fully saturated rings. The molecule has 6 saturated carbocycles. The van der Waals surface area contributed by atoms with E-state index in [4.69, 9.17) is 14.2 Å². The van der Waals surface area contributed by atoms with Gasteiger partial charge in [-0.05, 0) is 128 Å². The molecule has 2 spiro atoms. The van der Waals surface area contributed by atoms with Crippen LogP contribution >= 0.6 is 0 Å².